The zero-order valence-corrected chi connectivity index (χ0v) is 24.8. The molecule has 0 spiro atoms. The van der Waals surface area contributed by atoms with Crippen LogP contribution >= 0.6 is 0 Å². The van der Waals surface area contributed by atoms with Gasteiger partial charge >= 0.3 is 5.97 Å². The monoisotopic (exact) mass is 590 g/mol. The molecule has 1 aliphatic heterocycles. The Morgan fingerprint density at radius 3 is 2.37 bits per heavy atom. The number of ether oxygens (including phenoxy) is 4. The molecule has 43 heavy (non-hydrogen) atoms. The lowest BCUT2D eigenvalue weighted by molar-refractivity contribution is -0.140. The predicted molar refractivity (Wildman–Crippen MR) is 158 cm³/mol. The van der Waals surface area contributed by atoms with E-state index in [0.717, 1.165) is 17.5 Å². The van der Waals surface area contributed by atoms with Crippen LogP contribution in [0.15, 0.2) is 56.5 Å². The molecular weight excluding hydrogens is 556 g/mol. The van der Waals surface area contributed by atoms with Gasteiger partial charge in [0.1, 0.15) is 11.5 Å². The average Bonchev–Trinajstić information content (AvgIpc) is 3.02. The molecule has 0 unspecified atom stereocenters. The number of aromatic nitrogens is 1. The number of hydrogen-bond donors (Lipinski definition) is 1. The molecule has 0 aliphatic carbocycles. The Morgan fingerprint density at radius 1 is 0.977 bits per heavy atom. The van der Waals surface area contributed by atoms with Crippen LogP contribution in [0, 0.1) is 0 Å². The molecule has 3 heterocycles. The lowest BCUT2D eigenvalue weighted by atomic mass is 9.92. The fourth-order valence-corrected chi connectivity index (χ4v) is 5.60. The van der Waals surface area contributed by atoms with Gasteiger partial charge in [-0.05, 0) is 53.3 Å². The number of rotatable bonds is 9. The van der Waals surface area contributed by atoms with Gasteiger partial charge in [-0.25, -0.2) is 0 Å². The largest absolute Gasteiger partial charge is 0.502 e. The number of esters is 1. The molecule has 0 fully saturated rings. The average molecular weight is 591 g/mol. The van der Waals surface area contributed by atoms with Gasteiger partial charge in [0.2, 0.25) is 11.2 Å². The Morgan fingerprint density at radius 2 is 1.70 bits per heavy atom. The molecule has 11 heteroatoms. The summed E-state index contributed by atoms with van der Waals surface area (Å²) in [6, 6.07) is 12.1. The summed E-state index contributed by atoms with van der Waals surface area (Å²) in [5, 5.41) is 11.6. The number of methoxy groups -OCH3 is 4. The first-order chi connectivity index (χ1) is 20.7. The number of nitrogens with zero attached hydrogens (tertiary/aromatic N) is 2. The van der Waals surface area contributed by atoms with Crippen molar-refractivity contribution in [3.63, 3.8) is 0 Å². The second-order valence-corrected chi connectivity index (χ2v) is 10.4. The number of hydrogen-bond acceptors (Lipinski definition) is 10. The third-order valence-corrected chi connectivity index (χ3v) is 7.93. The minimum absolute atomic E-state index is 0.165. The lowest BCUT2D eigenvalue weighted by Crippen LogP contribution is -2.30. The molecule has 0 radical (unpaired) electrons. The van der Waals surface area contributed by atoms with E-state index in [4.69, 9.17) is 23.4 Å². The molecule has 0 saturated heterocycles. The fourth-order valence-electron chi connectivity index (χ4n) is 5.60. The zero-order valence-electron chi connectivity index (χ0n) is 24.8. The number of carbonyl (C=O) groups is 1. The molecule has 0 saturated carbocycles. The van der Waals surface area contributed by atoms with E-state index in [1.807, 2.05) is 12.1 Å². The maximum absolute atomic E-state index is 13.6. The van der Waals surface area contributed by atoms with Crippen molar-refractivity contribution in [3.05, 3.63) is 91.3 Å². The zero-order chi connectivity index (χ0) is 30.8. The summed E-state index contributed by atoms with van der Waals surface area (Å²) in [4.78, 5) is 41.3. The van der Waals surface area contributed by atoms with Gasteiger partial charge in [0.05, 0.1) is 52.8 Å². The number of carbonyl (C=O) groups excluding carboxylic acids is 1. The van der Waals surface area contributed by atoms with Crippen molar-refractivity contribution in [2.24, 2.45) is 7.05 Å². The van der Waals surface area contributed by atoms with Crippen LogP contribution in [0.5, 0.6) is 23.0 Å². The first-order valence-electron chi connectivity index (χ1n) is 13.7. The van der Waals surface area contributed by atoms with Crippen LogP contribution in [-0.4, -0.2) is 55.5 Å². The Bertz CT molecular complexity index is 1810. The summed E-state index contributed by atoms with van der Waals surface area (Å²) in [7, 11) is 7.56. The van der Waals surface area contributed by atoms with Crippen molar-refractivity contribution in [2.75, 3.05) is 35.0 Å². The maximum Gasteiger partial charge on any atom is 0.306 e. The first kappa shape index (κ1) is 29.7. The SMILES string of the molecule is COC(=O)C[C@H](c1oc(CN2CCc3cc(OC)c(OC)cc3C2)cc(=O)c1O)c1cc2ccc(OC)cc2n(C)c1=O. The van der Waals surface area contributed by atoms with Crippen molar-refractivity contribution in [3.8, 4) is 23.0 Å². The van der Waals surface area contributed by atoms with E-state index in [1.54, 1.807) is 45.5 Å². The van der Waals surface area contributed by atoms with Gasteiger partial charge in [-0.15, -0.1) is 0 Å². The van der Waals surface area contributed by atoms with Gasteiger partial charge in [0.15, 0.2) is 17.3 Å². The summed E-state index contributed by atoms with van der Waals surface area (Å²) in [6.07, 6.45) is 0.416. The Labute approximate surface area is 247 Å². The lowest BCUT2D eigenvalue weighted by Gasteiger charge is -2.29. The van der Waals surface area contributed by atoms with Crippen molar-refractivity contribution < 1.29 is 33.3 Å². The molecule has 1 atom stereocenters. The van der Waals surface area contributed by atoms with Crippen LogP contribution in [0.4, 0.5) is 0 Å². The van der Waals surface area contributed by atoms with E-state index in [2.05, 4.69) is 4.90 Å². The molecular formula is C32H34N2O9. The third kappa shape index (κ3) is 5.80. The van der Waals surface area contributed by atoms with E-state index < -0.39 is 28.6 Å². The van der Waals surface area contributed by atoms with Crippen molar-refractivity contribution in [1.82, 2.24) is 9.47 Å². The molecule has 1 aliphatic rings. The minimum atomic E-state index is -1.08. The van der Waals surface area contributed by atoms with E-state index in [1.165, 1.54) is 24.9 Å². The van der Waals surface area contributed by atoms with Crippen molar-refractivity contribution in [1.29, 1.82) is 0 Å². The third-order valence-electron chi connectivity index (χ3n) is 7.93. The first-order valence-corrected chi connectivity index (χ1v) is 13.7. The minimum Gasteiger partial charge on any atom is -0.502 e. The summed E-state index contributed by atoms with van der Waals surface area (Å²) in [6.45, 7) is 1.51. The van der Waals surface area contributed by atoms with E-state index in [9.17, 15) is 19.5 Å². The number of fused-ring (bicyclic) bond motifs is 2. The topological polar surface area (TPSA) is 130 Å². The van der Waals surface area contributed by atoms with Gasteiger partial charge in [-0.2, -0.15) is 0 Å². The Hall–Kier alpha value is -4.77. The van der Waals surface area contributed by atoms with Crippen LogP contribution in [0.3, 0.4) is 0 Å². The van der Waals surface area contributed by atoms with E-state index >= 15 is 0 Å². The molecule has 0 bridgehead atoms. The normalized spacial score (nSPS) is 13.8. The van der Waals surface area contributed by atoms with Gasteiger partial charge < -0.3 is 33.0 Å². The second kappa shape index (κ2) is 12.2. The molecule has 2 aromatic heterocycles. The fraction of sp³-hybridized carbons (Fsp3) is 0.344. The van der Waals surface area contributed by atoms with Crippen LogP contribution < -0.4 is 25.2 Å². The van der Waals surface area contributed by atoms with Crippen LogP contribution in [0.25, 0.3) is 10.9 Å². The van der Waals surface area contributed by atoms with Crippen molar-refractivity contribution >= 4 is 16.9 Å². The van der Waals surface area contributed by atoms with Crippen LogP contribution in [0.2, 0.25) is 0 Å². The molecule has 0 amide bonds. The van der Waals surface area contributed by atoms with Crippen LogP contribution in [-0.2, 0) is 36.1 Å². The highest BCUT2D eigenvalue weighted by atomic mass is 16.5. The van der Waals surface area contributed by atoms with Gasteiger partial charge in [-0.1, -0.05) is 0 Å². The number of benzene rings is 2. The number of aryl methyl sites for hydroxylation is 1. The molecule has 4 aromatic rings. The summed E-state index contributed by atoms with van der Waals surface area (Å²) in [5.74, 6) is -0.371. The smallest absolute Gasteiger partial charge is 0.306 e. The highest BCUT2D eigenvalue weighted by molar-refractivity contribution is 5.82. The molecule has 1 N–H and O–H groups in total. The van der Waals surface area contributed by atoms with Crippen molar-refractivity contribution in [2.45, 2.75) is 31.8 Å². The summed E-state index contributed by atoms with van der Waals surface area (Å²) >= 11 is 0. The van der Waals surface area contributed by atoms with Crippen LogP contribution in [0.1, 0.15) is 40.5 Å². The van der Waals surface area contributed by atoms with Gasteiger partial charge in [0.25, 0.3) is 5.56 Å². The predicted octanol–water partition coefficient (Wildman–Crippen LogP) is 3.48. The highest BCUT2D eigenvalue weighted by Gasteiger charge is 2.30. The van der Waals surface area contributed by atoms with Gasteiger partial charge in [0, 0.05) is 37.8 Å². The molecule has 5 rings (SSSR count). The number of aromatic hydroxyl groups is 1. The summed E-state index contributed by atoms with van der Waals surface area (Å²) < 4.78 is 28.7. The standard InChI is InChI=1S/C32H34N2O9/c1-33-25-13-21(39-2)7-6-19(25)10-24(32(33)38)23(15-29(36)42-5)31-30(37)26(35)14-22(43-31)17-34-9-8-18-11-27(40-3)28(41-4)12-20(18)16-34/h6-7,10-14,23,37H,8-9,15-17H2,1-5H3/t23-/m0/s1. The van der Waals surface area contributed by atoms with E-state index in [0.29, 0.717) is 47.0 Å². The Kier molecular flexibility index (Phi) is 8.45. The quantitative estimate of drug-likeness (QED) is 0.289. The maximum atomic E-state index is 13.6. The second-order valence-electron chi connectivity index (χ2n) is 10.4. The molecule has 226 valence electrons. The summed E-state index contributed by atoms with van der Waals surface area (Å²) in [5.41, 5.74) is 1.91. The number of pyridine rings is 1. The molecule has 2 aromatic carbocycles. The highest BCUT2D eigenvalue weighted by Crippen LogP contribution is 2.36. The Balaban J connectivity index is 1.54. The van der Waals surface area contributed by atoms with E-state index in [-0.39, 0.29) is 24.3 Å². The van der Waals surface area contributed by atoms with Gasteiger partial charge in [-0.3, -0.25) is 19.3 Å². The molecule has 11 nitrogen and oxygen atoms in total.